The van der Waals surface area contributed by atoms with Gasteiger partial charge < -0.3 is 5.11 Å². The molecule has 0 spiro atoms. The minimum absolute atomic E-state index is 0.336. The summed E-state index contributed by atoms with van der Waals surface area (Å²) >= 11 is 0. The van der Waals surface area contributed by atoms with Crippen molar-refractivity contribution in [3.63, 3.8) is 0 Å². The Bertz CT molecular complexity index is 614. The van der Waals surface area contributed by atoms with Crippen LogP contribution in [0.3, 0.4) is 0 Å². The van der Waals surface area contributed by atoms with Gasteiger partial charge in [0.15, 0.2) is 0 Å². The van der Waals surface area contributed by atoms with Crippen molar-refractivity contribution in [2.75, 3.05) is 0 Å². The molecule has 0 aliphatic heterocycles. The summed E-state index contributed by atoms with van der Waals surface area (Å²) in [5.41, 5.74) is 0.623. The Morgan fingerprint density at radius 1 is 1.00 bits per heavy atom. The third-order valence-electron chi connectivity index (χ3n) is 4.83. The molecule has 1 N–H and O–H groups in total. The highest BCUT2D eigenvalue weighted by Gasteiger charge is 2.36. The fourth-order valence-electron chi connectivity index (χ4n) is 3.41. The van der Waals surface area contributed by atoms with E-state index in [1.807, 2.05) is 24.5 Å². The first-order chi connectivity index (χ1) is 9.50. The summed E-state index contributed by atoms with van der Waals surface area (Å²) in [6.45, 7) is 4.61. The summed E-state index contributed by atoms with van der Waals surface area (Å²) in [4.78, 5) is 4.34. The van der Waals surface area contributed by atoms with Gasteiger partial charge in [-0.1, -0.05) is 38.1 Å². The van der Waals surface area contributed by atoms with Crippen molar-refractivity contribution < 1.29 is 5.11 Å². The predicted molar refractivity (Wildman–Crippen MR) is 82.5 cm³/mol. The summed E-state index contributed by atoms with van der Waals surface area (Å²) in [6, 6.07) is 8.22. The van der Waals surface area contributed by atoms with Gasteiger partial charge in [-0.2, -0.15) is 0 Å². The lowest BCUT2D eigenvalue weighted by Gasteiger charge is -2.29. The highest BCUT2D eigenvalue weighted by Crippen LogP contribution is 2.44. The Morgan fingerprint density at radius 2 is 1.80 bits per heavy atom. The smallest absolute Gasteiger partial charge is 0.0917 e. The molecule has 0 amide bonds. The third kappa shape index (κ3) is 2.45. The fourth-order valence-corrected chi connectivity index (χ4v) is 3.41. The summed E-state index contributed by atoms with van der Waals surface area (Å²) < 4.78 is 0. The van der Waals surface area contributed by atoms with Crippen LogP contribution in [0.2, 0.25) is 0 Å². The average molecular weight is 269 g/mol. The number of nitrogens with zero attached hydrogens (tertiary/aromatic N) is 1. The monoisotopic (exact) mass is 269 g/mol. The second-order valence-corrected chi connectivity index (χ2v) is 6.96. The maximum Gasteiger partial charge on any atom is 0.0917 e. The van der Waals surface area contributed by atoms with Crippen molar-refractivity contribution in [1.29, 1.82) is 0 Å². The number of fused-ring (bicyclic) bond motifs is 1. The molecule has 1 aromatic carbocycles. The van der Waals surface area contributed by atoms with E-state index in [-0.39, 0.29) is 0 Å². The zero-order valence-corrected chi connectivity index (χ0v) is 12.4. The van der Waals surface area contributed by atoms with Crippen molar-refractivity contribution in [3.05, 3.63) is 42.2 Å². The zero-order chi connectivity index (χ0) is 14.2. The van der Waals surface area contributed by atoms with Gasteiger partial charge in [0.1, 0.15) is 0 Å². The molecule has 106 valence electrons. The molecule has 20 heavy (non-hydrogen) atoms. The molecule has 1 saturated carbocycles. The van der Waals surface area contributed by atoms with Crippen LogP contribution in [0.4, 0.5) is 0 Å². The second kappa shape index (κ2) is 4.85. The number of pyridine rings is 1. The molecule has 2 heteroatoms. The quantitative estimate of drug-likeness (QED) is 0.778. The maximum atomic E-state index is 11.2. The van der Waals surface area contributed by atoms with E-state index in [9.17, 15) is 5.11 Å². The Labute approximate surface area is 120 Å². The largest absolute Gasteiger partial charge is 0.385 e. The molecule has 1 unspecified atom stereocenters. The average Bonchev–Trinajstić information content (AvgIpc) is 2.58. The van der Waals surface area contributed by atoms with E-state index in [0.717, 1.165) is 42.0 Å². The van der Waals surface area contributed by atoms with Crippen LogP contribution < -0.4 is 0 Å². The highest BCUT2D eigenvalue weighted by atomic mass is 16.3. The minimum atomic E-state index is -0.721. The molecular weight excluding hydrogens is 246 g/mol. The molecule has 1 aliphatic carbocycles. The highest BCUT2D eigenvalue weighted by molar-refractivity contribution is 5.85. The molecule has 1 fully saturated rings. The SMILES string of the molecule is CC1(C)CCCC(O)(c2cncc3ccccc23)CC1. The summed E-state index contributed by atoms with van der Waals surface area (Å²) in [5.74, 6) is 0. The Balaban J connectivity index is 2.05. The van der Waals surface area contributed by atoms with Gasteiger partial charge in [-0.15, -0.1) is 0 Å². The first-order valence-corrected chi connectivity index (χ1v) is 7.56. The third-order valence-corrected chi connectivity index (χ3v) is 4.83. The molecule has 0 saturated heterocycles. The number of hydrogen-bond acceptors (Lipinski definition) is 2. The van der Waals surface area contributed by atoms with E-state index in [1.54, 1.807) is 0 Å². The zero-order valence-electron chi connectivity index (χ0n) is 12.4. The molecular formula is C18H23NO. The van der Waals surface area contributed by atoms with Crippen LogP contribution in [-0.4, -0.2) is 10.1 Å². The van der Waals surface area contributed by atoms with Crippen LogP contribution in [0, 0.1) is 5.41 Å². The Hall–Kier alpha value is -1.41. The van der Waals surface area contributed by atoms with Crippen molar-refractivity contribution in [3.8, 4) is 0 Å². The number of hydrogen-bond donors (Lipinski definition) is 1. The number of rotatable bonds is 1. The maximum absolute atomic E-state index is 11.2. The van der Waals surface area contributed by atoms with Gasteiger partial charge >= 0.3 is 0 Å². The summed E-state index contributed by atoms with van der Waals surface area (Å²) in [7, 11) is 0. The molecule has 0 radical (unpaired) electrons. The molecule has 3 rings (SSSR count). The van der Waals surface area contributed by atoms with Gasteiger partial charge in [-0.05, 0) is 42.9 Å². The molecule has 2 nitrogen and oxygen atoms in total. The molecule has 1 aromatic heterocycles. The standard InChI is InChI=1S/C18H23NO/c1-17(2)8-5-9-18(20,11-10-17)16-13-19-12-14-6-3-4-7-15(14)16/h3-4,6-7,12-13,20H,5,8-11H2,1-2H3. The number of benzene rings is 1. The molecule has 1 atom stereocenters. The van der Waals surface area contributed by atoms with E-state index in [2.05, 4.69) is 31.0 Å². The first-order valence-electron chi connectivity index (χ1n) is 7.56. The first kappa shape index (κ1) is 13.6. The van der Waals surface area contributed by atoms with E-state index in [1.165, 1.54) is 6.42 Å². The van der Waals surface area contributed by atoms with E-state index in [4.69, 9.17) is 0 Å². The van der Waals surface area contributed by atoms with E-state index < -0.39 is 5.60 Å². The van der Waals surface area contributed by atoms with Crippen LogP contribution in [0.5, 0.6) is 0 Å². The minimum Gasteiger partial charge on any atom is -0.385 e. The van der Waals surface area contributed by atoms with Crippen LogP contribution >= 0.6 is 0 Å². The van der Waals surface area contributed by atoms with Crippen molar-refractivity contribution in [2.24, 2.45) is 5.41 Å². The van der Waals surface area contributed by atoms with Gasteiger partial charge in [-0.25, -0.2) is 0 Å². The molecule has 1 aliphatic rings. The summed E-state index contributed by atoms with van der Waals surface area (Å²) in [6.07, 6.45) is 8.73. The second-order valence-electron chi connectivity index (χ2n) is 6.96. The topological polar surface area (TPSA) is 33.1 Å². The van der Waals surface area contributed by atoms with Gasteiger partial charge in [0, 0.05) is 23.3 Å². The van der Waals surface area contributed by atoms with Crippen molar-refractivity contribution >= 4 is 10.8 Å². The van der Waals surface area contributed by atoms with Crippen LogP contribution in [0.15, 0.2) is 36.7 Å². The Morgan fingerprint density at radius 3 is 2.65 bits per heavy atom. The van der Waals surface area contributed by atoms with Gasteiger partial charge in [0.05, 0.1) is 5.60 Å². The van der Waals surface area contributed by atoms with Crippen molar-refractivity contribution in [1.82, 2.24) is 4.98 Å². The van der Waals surface area contributed by atoms with Crippen LogP contribution in [0.1, 0.15) is 51.5 Å². The number of aromatic nitrogens is 1. The van der Waals surface area contributed by atoms with Gasteiger partial charge in [0.2, 0.25) is 0 Å². The van der Waals surface area contributed by atoms with Crippen LogP contribution in [0.25, 0.3) is 10.8 Å². The predicted octanol–water partition coefficient (Wildman–Crippen LogP) is 4.41. The van der Waals surface area contributed by atoms with Gasteiger partial charge in [-0.3, -0.25) is 4.98 Å². The molecule has 1 heterocycles. The summed E-state index contributed by atoms with van der Waals surface area (Å²) in [5, 5.41) is 13.5. The van der Waals surface area contributed by atoms with E-state index in [0.29, 0.717) is 5.41 Å². The lowest BCUT2D eigenvalue weighted by atomic mass is 9.82. The Kier molecular flexibility index (Phi) is 3.29. The van der Waals surface area contributed by atoms with Gasteiger partial charge in [0.25, 0.3) is 0 Å². The molecule has 0 bridgehead atoms. The molecule has 2 aromatic rings. The van der Waals surface area contributed by atoms with Crippen molar-refractivity contribution in [2.45, 2.75) is 51.6 Å². The fraction of sp³-hybridized carbons (Fsp3) is 0.500. The van der Waals surface area contributed by atoms with E-state index >= 15 is 0 Å². The normalized spacial score (nSPS) is 26.4. The lowest BCUT2D eigenvalue weighted by molar-refractivity contribution is 0.0192. The number of aliphatic hydroxyl groups is 1. The lowest BCUT2D eigenvalue weighted by Crippen LogP contribution is -2.25. The van der Waals surface area contributed by atoms with Crippen LogP contribution in [-0.2, 0) is 5.60 Å².